The molecule has 2 N–H and O–H groups in total. The van der Waals surface area contributed by atoms with Crippen molar-refractivity contribution in [1.29, 1.82) is 0 Å². The van der Waals surface area contributed by atoms with E-state index in [1.54, 1.807) is 0 Å². The van der Waals surface area contributed by atoms with Crippen LogP contribution in [0.15, 0.2) is 30.3 Å². The minimum Gasteiger partial charge on any atom is -0.481 e. The van der Waals surface area contributed by atoms with E-state index in [0.29, 0.717) is 18.1 Å². The highest BCUT2D eigenvalue weighted by Crippen LogP contribution is 2.11. The van der Waals surface area contributed by atoms with Crippen LogP contribution in [-0.4, -0.2) is 39.6 Å². The van der Waals surface area contributed by atoms with Gasteiger partial charge in [0, 0.05) is 6.54 Å². The van der Waals surface area contributed by atoms with Crippen molar-refractivity contribution >= 4 is 29.2 Å². The van der Waals surface area contributed by atoms with Crippen LogP contribution in [0, 0.1) is 0 Å². The minimum absolute atomic E-state index is 0.249. The third-order valence-corrected chi connectivity index (χ3v) is 3.29. The van der Waals surface area contributed by atoms with Crippen molar-refractivity contribution in [3.8, 4) is 0 Å². The van der Waals surface area contributed by atoms with Gasteiger partial charge in [0.25, 0.3) is 5.91 Å². The van der Waals surface area contributed by atoms with Crippen LogP contribution < -0.4 is 5.32 Å². The predicted octanol–water partition coefficient (Wildman–Crippen LogP) is 0.789. The van der Waals surface area contributed by atoms with Crippen molar-refractivity contribution in [3.05, 3.63) is 35.9 Å². The number of nitrogens with zero attached hydrogens (tertiary/aromatic N) is 1. The highest BCUT2D eigenvalue weighted by atomic mass is 32.1. The molecule has 0 aliphatic carbocycles. The maximum atomic E-state index is 12.0. The highest BCUT2D eigenvalue weighted by molar-refractivity contribution is 7.80. The van der Waals surface area contributed by atoms with Gasteiger partial charge in [-0.1, -0.05) is 30.3 Å². The monoisotopic (exact) mass is 278 g/mol. The second-order valence-electron chi connectivity index (χ2n) is 4.33. The number of carboxylic acids is 1. The van der Waals surface area contributed by atoms with Crippen LogP contribution >= 0.6 is 12.2 Å². The summed E-state index contributed by atoms with van der Waals surface area (Å²) in [5, 5.41) is 11.8. The zero-order valence-electron chi connectivity index (χ0n) is 10.2. The van der Waals surface area contributed by atoms with Crippen LogP contribution in [0.5, 0.6) is 0 Å². The summed E-state index contributed by atoms with van der Waals surface area (Å²) in [6.07, 6.45) is 0.439. The fourth-order valence-electron chi connectivity index (χ4n) is 1.99. The Morgan fingerprint density at radius 1 is 1.37 bits per heavy atom. The number of carbonyl (C=O) groups is 2. The van der Waals surface area contributed by atoms with Gasteiger partial charge >= 0.3 is 5.97 Å². The zero-order valence-corrected chi connectivity index (χ0v) is 11.0. The lowest BCUT2D eigenvalue weighted by atomic mass is 10.1. The molecular weight excluding hydrogens is 264 g/mol. The number of amides is 1. The van der Waals surface area contributed by atoms with E-state index in [9.17, 15) is 9.59 Å². The Kier molecular flexibility index (Phi) is 4.11. The van der Waals surface area contributed by atoms with Crippen molar-refractivity contribution in [1.82, 2.24) is 10.2 Å². The van der Waals surface area contributed by atoms with E-state index < -0.39 is 12.0 Å². The predicted molar refractivity (Wildman–Crippen MR) is 73.6 cm³/mol. The number of carboxylic acid groups (broad SMARTS) is 1. The van der Waals surface area contributed by atoms with Crippen LogP contribution in [0.3, 0.4) is 0 Å². The average molecular weight is 278 g/mol. The Bertz CT molecular complexity index is 504. The summed E-state index contributed by atoms with van der Waals surface area (Å²) in [7, 11) is 0. The van der Waals surface area contributed by atoms with E-state index in [-0.39, 0.29) is 12.3 Å². The van der Waals surface area contributed by atoms with Gasteiger partial charge in [0.2, 0.25) is 0 Å². The number of benzene rings is 1. The number of nitrogens with one attached hydrogen (secondary N) is 1. The third kappa shape index (κ3) is 3.29. The van der Waals surface area contributed by atoms with E-state index in [0.717, 1.165) is 5.56 Å². The van der Waals surface area contributed by atoms with Crippen molar-refractivity contribution < 1.29 is 14.7 Å². The van der Waals surface area contributed by atoms with Gasteiger partial charge < -0.3 is 10.4 Å². The molecule has 1 amide bonds. The molecule has 0 aromatic heterocycles. The maximum Gasteiger partial charge on any atom is 0.305 e. The Hall–Kier alpha value is -1.95. The molecule has 6 heteroatoms. The van der Waals surface area contributed by atoms with E-state index >= 15 is 0 Å². The molecular formula is C13H14N2O3S. The van der Waals surface area contributed by atoms with Crippen molar-refractivity contribution in [2.45, 2.75) is 18.9 Å². The summed E-state index contributed by atoms with van der Waals surface area (Å²) in [6.45, 7) is 0.463. The fourth-order valence-corrected chi connectivity index (χ4v) is 2.31. The molecule has 19 heavy (non-hydrogen) atoms. The zero-order chi connectivity index (χ0) is 13.8. The van der Waals surface area contributed by atoms with Gasteiger partial charge in [-0.3, -0.25) is 14.5 Å². The van der Waals surface area contributed by atoms with Crippen LogP contribution in [-0.2, 0) is 16.0 Å². The second kappa shape index (κ2) is 5.79. The normalized spacial score (nSPS) is 18.5. The topological polar surface area (TPSA) is 69.6 Å². The summed E-state index contributed by atoms with van der Waals surface area (Å²) < 4.78 is 0. The molecule has 1 aliphatic rings. The Morgan fingerprint density at radius 3 is 2.68 bits per heavy atom. The van der Waals surface area contributed by atoms with Gasteiger partial charge in [-0.05, 0) is 24.2 Å². The Balaban J connectivity index is 1.95. The molecule has 1 atom stereocenters. The van der Waals surface area contributed by atoms with Gasteiger partial charge in [-0.15, -0.1) is 0 Å². The van der Waals surface area contributed by atoms with Crippen LogP contribution in [0.2, 0.25) is 0 Å². The van der Waals surface area contributed by atoms with Crippen molar-refractivity contribution in [3.63, 3.8) is 0 Å². The lowest BCUT2D eigenvalue weighted by molar-refractivity contribution is -0.140. The molecule has 0 radical (unpaired) electrons. The molecule has 1 aromatic rings. The van der Waals surface area contributed by atoms with Gasteiger partial charge in [-0.25, -0.2) is 0 Å². The molecule has 0 bridgehead atoms. The fraction of sp³-hybridized carbons (Fsp3) is 0.308. The van der Waals surface area contributed by atoms with Gasteiger partial charge in [0.05, 0.1) is 6.42 Å². The molecule has 100 valence electrons. The summed E-state index contributed by atoms with van der Waals surface area (Å²) in [6, 6.07) is 9.02. The number of hydrogen-bond donors (Lipinski definition) is 2. The first-order chi connectivity index (χ1) is 9.08. The average Bonchev–Trinajstić information content (AvgIpc) is 2.63. The first-order valence-corrected chi connectivity index (χ1v) is 6.36. The molecule has 1 aliphatic heterocycles. The lowest BCUT2D eigenvalue weighted by Crippen LogP contribution is -2.33. The third-order valence-electron chi connectivity index (χ3n) is 2.95. The largest absolute Gasteiger partial charge is 0.481 e. The summed E-state index contributed by atoms with van der Waals surface area (Å²) in [4.78, 5) is 24.1. The quantitative estimate of drug-likeness (QED) is 0.779. The number of aliphatic carboxylic acids is 1. The Morgan fingerprint density at radius 2 is 2.05 bits per heavy atom. The number of rotatable bonds is 5. The number of hydrogen-bond acceptors (Lipinski definition) is 3. The summed E-state index contributed by atoms with van der Waals surface area (Å²) >= 11 is 5.06. The molecule has 0 saturated carbocycles. The van der Waals surface area contributed by atoms with Crippen molar-refractivity contribution in [2.24, 2.45) is 0 Å². The van der Waals surface area contributed by atoms with Gasteiger partial charge in [0.15, 0.2) is 5.11 Å². The SMILES string of the molecule is O=C(O)CC1NC(=S)N(CCc2ccccc2)C1=O. The smallest absolute Gasteiger partial charge is 0.305 e. The molecule has 1 saturated heterocycles. The lowest BCUT2D eigenvalue weighted by Gasteiger charge is -2.14. The first-order valence-electron chi connectivity index (χ1n) is 5.95. The second-order valence-corrected chi connectivity index (χ2v) is 4.71. The first kappa shape index (κ1) is 13.5. The highest BCUT2D eigenvalue weighted by Gasteiger charge is 2.36. The van der Waals surface area contributed by atoms with Crippen LogP contribution in [0.25, 0.3) is 0 Å². The minimum atomic E-state index is -1.02. The number of carbonyl (C=O) groups excluding carboxylic acids is 1. The van der Waals surface area contributed by atoms with Crippen LogP contribution in [0.1, 0.15) is 12.0 Å². The van der Waals surface area contributed by atoms with Crippen LogP contribution in [0.4, 0.5) is 0 Å². The molecule has 1 heterocycles. The molecule has 2 rings (SSSR count). The Labute approximate surface area is 116 Å². The van der Waals surface area contributed by atoms with Crippen molar-refractivity contribution in [2.75, 3.05) is 6.54 Å². The molecule has 1 unspecified atom stereocenters. The van der Waals surface area contributed by atoms with E-state index in [1.165, 1.54) is 4.90 Å². The van der Waals surface area contributed by atoms with Gasteiger partial charge in [0.1, 0.15) is 6.04 Å². The summed E-state index contributed by atoms with van der Waals surface area (Å²) in [5.41, 5.74) is 1.11. The molecule has 5 nitrogen and oxygen atoms in total. The summed E-state index contributed by atoms with van der Waals surface area (Å²) in [5.74, 6) is -1.28. The van der Waals surface area contributed by atoms with Gasteiger partial charge in [-0.2, -0.15) is 0 Å². The van der Waals surface area contributed by atoms with E-state index in [2.05, 4.69) is 5.32 Å². The van der Waals surface area contributed by atoms with E-state index in [4.69, 9.17) is 17.3 Å². The molecule has 1 fully saturated rings. The maximum absolute atomic E-state index is 12.0. The number of thiocarbonyl (C=S) groups is 1. The van der Waals surface area contributed by atoms with E-state index in [1.807, 2.05) is 30.3 Å². The molecule has 1 aromatic carbocycles. The standard InChI is InChI=1S/C13H14N2O3S/c16-11(17)8-10-12(18)15(13(19)14-10)7-6-9-4-2-1-3-5-9/h1-5,10H,6-8H2,(H,14,19)(H,16,17). The molecule has 0 spiro atoms.